The number of thiazole rings is 1. The van der Waals surface area contributed by atoms with Crippen molar-refractivity contribution in [2.75, 3.05) is 20.2 Å². The van der Waals surface area contributed by atoms with Crippen LogP contribution < -0.4 is 4.80 Å². The van der Waals surface area contributed by atoms with E-state index < -0.39 is 27.8 Å². The Balaban J connectivity index is 1.67. The molecule has 1 saturated heterocycles. The highest BCUT2D eigenvalue weighted by Gasteiger charge is 2.33. The normalized spacial score (nSPS) is 17.6. The number of carbonyl (C=O) groups excluding carboxylic acids is 2. The summed E-state index contributed by atoms with van der Waals surface area (Å²) >= 11 is 7.23. The molecule has 2 heterocycles. The lowest BCUT2D eigenvalue weighted by molar-refractivity contribution is -0.141. The molecule has 0 radical (unpaired) electrons. The van der Waals surface area contributed by atoms with Gasteiger partial charge in [0.15, 0.2) is 4.80 Å². The van der Waals surface area contributed by atoms with Crippen LogP contribution in [-0.2, 0) is 30.9 Å². The molecule has 8 nitrogen and oxygen atoms in total. The first kappa shape index (κ1) is 25.6. The van der Waals surface area contributed by atoms with Crippen molar-refractivity contribution >= 4 is 55.1 Å². The topological polar surface area (TPSA) is 98.0 Å². The summed E-state index contributed by atoms with van der Waals surface area (Å²) in [4.78, 5) is 30.2. The summed E-state index contributed by atoms with van der Waals surface area (Å²) in [5.74, 6) is -1.43. The number of halogens is 1. The second-order valence-electron chi connectivity index (χ2n) is 8.58. The second-order valence-corrected chi connectivity index (χ2v) is 11.9. The predicted octanol–water partition coefficient (Wildman–Crippen LogP) is 3.67. The van der Waals surface area contributed by atoms with E-state index in [-0.39, 0.29) is 18.0 Å². The lowest BCUT2D eigenvalue weighted by Crippen LogP contribution is -2.42. The molecule has 2 aromatic carbocycles. The van der Waals surface area contributed by atoms with Crippen LogP contribution in [-0.4, -0.2) is 49.4 Å². The Bertz CT molecular complexity index is 1460. The number of hydrogen-bond donors (Lipinski definition) is 0. The maximum atomic E-state index is 13.2. The van der Waals surface area contributed by atoms with Gasteiger partial charge in [-0.15, -0.1) is 0 Å². The number of carbonyl (C=O) groups is 2. The molecular formula is C24H26ClN3O5S2. The van der Waals surface area contributed by atoms with Crippen LogP contribution >= 0.6 is 22.9 Å². The molecule has 0 bridgehead atoms. The molecule has 0 aliphatic carbocycles. The highest BCUT2D eigenvalue weighted by Crippen LogP contribution is 2.26. The zero-order chi connectivity index (χ0) is 25.3. The van der Waals surface area contributed by atoms with Gasteiger partial charge in [0, 0.05) is 18.1 Å². The predicted molar refractivity (Wildman–Crippen MR) is 135 cm³/mol. The maximum Gasteiger partial charge on any atom is 0.325 e. The minimum atomic E-state index is -3.76. The van der Waals surface area contributed by atoms with Gasteiger partial charge in [0.25, 0.3) is 5.91 Å². The molecule has 4 rings (SSSR count). The highest BCUT2D eigenvalue weighted by molar-refractivity contribution is 7.89. The van der Waals surface area contributed by atoms with Gasteiger partial charge < -0.3 is 9.30 Å². The summed E-state index contributed by atoms with van der Waals surface area (Å²) in [6.07, 6.45) is 1.08. The van der Waals surface area contributed by atoms with Crippen molar-refractivity contribution in [3.8, 4) is 0 Å². The van der Waals surface area contributed by atoms with Crippen molar-refractivity contribution in [3.05, 3.63) is 57.3 Å². The number of benzene rings is 2. The molecule has 0 spiro atoms. The lowest BCUT2D eigenvalue weighted by Gasteiger charge is -2.30. The fourth-order valence-electron chi connectivity index (χ4n) is 4.25. The largest absolute Gasteiger partial charge is 0.468 e. The van der Waals surface area contributed by atoms with Gasteiger partial charge in [0.1, 0.15) is 6.54 Å². The molecule has 1 aromatic heterocycles. The third-order valence-electron chi connectivity index (χ3n) is 6.02. The molecule has 186 valence electrons. The molecule has 35 heavy (non-hydrogen) atoms. The lowest BCUT2D eigenvalue weighted by atomic mass is 9.99. The second kappa shape index (κ2) is 10.2. The summed E-state index contributed by atoms with van der Waals surface area (Å²) in [7, 11) is -2.45. The number of aryl methyl sites for hydroxylation is 2. The van der Waals surface area contributed by atoms with E-state index in [0.29, 0.717) is 29.2 Å². The zero-order valence-electron chi connectivity index (χ0n) is 19.7. The molecule has 3 aromatic rings. The third-order valence-corrected chi connectivity index (χ3v) is 9.38. The van der Waals surface area contributed by atoms with E-state index in [9.17, 15) is 18.0 Å². The Labute approximate surface area is 212 Å². The van der Waals surface area contributed by atoms with Crippen LogP contribution in [0.1, 0.15) is 24.0 Å². The van der Waals surface area contributed by atoms with Crippen molar-refractivity contribution < 1.29 is 22.7 Å². The number of amides is 1. The Kier molecular flexibility index (Phi) is 7.46. The first-order valence-corrected chi connectivity index (χ1v) is 13.8. The summed E-state index contributed by atoms with van der Waals surface area (Å²) in [6, 6.07) is 9.97. The Morgan fingerprint density at radius 2 is 1.91 bits per heavy atom. The zero-order valence-corrected chi connectivity index (χ0v) is 22.0. The Morgan fingerprint density at radius 1 is 1.20 bits per heavy atom. The fourth-order valence-corrected chi connectivity index (χ4v) is 6.98. The van der Waals surface area contributed by atoms with Gasteiger partial charge in [-0.2, -0.15) is 9.30 Å². The number of esters is 1. The number of hydrogen-bond acceptors (Lipinski definition) is 6. The molecule has 1 fully saturated rings. The minimum Gasteiger partial charge on any atom is -0.468 e. The number of rotatable bonds is 5. The van der Waals surface area contributed by atoms with Crippen LogP contribution in [0.5, 0.6) is 0 Å². The summed E-state index contributed by atoms with van der Waals surface area (Å²) < 4.78 is 35.0. The average Bonchev–Trinajstić information content (AvgIpc) is 3.16. The van der Waals surface area contributed by atoms with Crippen LogP contribution in [0.25, 0.3) is 10.2 Å². The smallest absolute Gasteiger partial charge is 0.325 e. The first-order valence-electron chi connectivity index (χ1n) is 11.1. The quantitative estimate of drug-likeness (QED) is 0.464. The van der Waals surface area contributed by atoms with E-state index in [1.165, 1.54) is 47.0 Å². The number of methoxy groups -OCH3 is 1. The van der Waals surface area contributed by atoms with Gasteiger partial charge in [0.05, 0.1) is 28.1 Å². The van der Waals surface area contributed by atoms with Gasteiger partial charge in [-0.25, -0.2) is 8.42 Å². The van der Waals surface area contributed by atoms with E-state index in [1.807, 2.05) is 26.0 Å². The number of ether oxygens (including phenoxy) is 1. The molecular weight excluding hydrogens is 510 g/mol. The fraction of sp³-hybridized carbons (Fsp3) is 0.375. The summed E-state index contributed by atoms with van der Waals surface area (Å²) in [5, 5.41) is 0.448. The molecule has 11 heteroatoms. The molecule has 1 aliphatic rings. The highest BCUT2D eigenvalue weighted by atomic mass is 35.5. The molecule has 0 N–H and O–H groups in total. The summed E-state index contributed by atoms with van der Waals surface area (Å²) in [5.41, 5.74) is 2.86. The van der Waals surface area contributed by atoms with E-state index in [4.69, 9.17) is 16.3 Å². The SMILES string of the molecule is COC(=O)Cn1c(=NC(=O)C2CCCN(S(=O)(=O)c3ccc(Cl)cc3)C2)sc2c(C)cc(C)cc21. The van der Waals surface area contributed by atoms with Crippen LogP contribution in [0.2, 0.25) is 5.02 Å². The van der Waals surface area contributed by atoms with Crippen molar-refractivity contribution in [1.29, 1.82) is 0 Å². The number of aromatic nitrogens is 1. The molecule has 0 saturated carbocycles. The number of nitrogens with zero attached hydrogens (tertiary/aromatic N) is 3. The van der Waals surface area contributed by atoms with Crippen molar-refractivity contribution in [2.24, 2.45) is 10.9 Å². The van der Waals surface area contributed by atoms with Crippen LogP contribution in [0.4, 0.5) is 0 Å². The number of sulfonamides is 1. The van der Waals surface area contributed by atoms with Crippen LogP contribution in [0.3, 0.4) is 0 Å². The van der Waals surface area contributed by atoms with Crippen LogP contribution in [0, 0.1) is 19.8 Å². The first-order chi connectivity index (χ1) is 16.6. The number of piperidine rings is 1. The van der Waals surface area contributed by atoms with Crippen LogP contribution in [0.15, 0.2) is 46.3 Å². The van der Waals surface area contributed by atoms with E-state index in [1.54, 1.807) is 4.57 Å². The van der Waals surface area contributed by atoms with Crippen molar-refractivity contribution in [2.45, 2.75) is 38.1 Å². The maximum absolute atomic E-state index is 13.2. The van der Waals surface area contributed by atoms with E-state index in [0.717, 1.165) is 21.3 Å². The minimum absolute atomic E-state index is 0.0489. The van der Waals surface area contributed by atoms with Gasteiger partial charge in [-0.1, -0.05) is 29.0 Å². The number of fused-ring (bicyclic) bond motifs is 1. The van der Waals surface area contributed by atoms with Gasteiger partial charge >= 0.3 is 5.97 Å². The molecule has 1 unspecified atom stereocenters. The van der Waals surface area contributed by atoms with E-state index in [2.05, 4.69) is 4.99 Å². The van der Waals surface area contributed by atoms with E-state index >= 15 is 0 Å². The standard InChI is InChI=1S/C24H26ClN3O5S2/c1-15-11-16(2)22-20(12-15)28(14-21(29)33-3)24(34-22)26-23(30)17-5-4-10-27(13-17)35(31,32)19-8-6-18(25)7-9-19/h6-9,11-12,17H,4-5,10,13-14H2,1-3H3. The molecule has 1 amide bonds. The van der Waals surface area contributed by atoms with Crippen molar-refractivity contribution in [3.63, 3.8) is 0 Å². The Hall–Kier alpha value is -2.53. The summed E-state index contributed by atoms with van der Waals surface area (Å²) in [6.45, 7) is 4.24. The molecule has 1 atom stereocenters. The van der Waals surface area contributed by atoms with Gasteiger partial charge in [-0.05, 0) is 68.1 Å². The third kappa shape index (κ3) is 5.35. The van der Waals surface area contributed by atoms with Crippen molar-refractivity contribution in [1.82, 2.24) is 8.87 Å². The average molecular weight is 536 g/mol. The van der Waals surface area contributed by atoms with Gasteiger partial charge in [0.2, 0.25) is 10.0 Å². The van der Waals surface area contributed by atoms with Gasteiger partial charge in [-0.3, -0.25) is 9.59 Å². The molecule has 1 aliphatic heterocycles. The Morgan fingerprint density at radius 3 is 2.60 bits per heavy atom. The monoisotopic (exact) mass is 535 g/mol.